The monoisotopic (exact) mass is 303 g/mol. The van der Waals surface area contributed by atoms with Gasteiger partial charge in [0.05, 0.1) is 5.69 Å². The second-order valence-corrected chi connectivity index (χ2v) is 4.82. The number of rotatable bonds is 2. The topological polar surface area (TPSA) is 75.4 Å². The third-order valence-electron chi connectivity index (χ3n) is 2.76. The Morgan fingerprint density at radius 2 is 1.62 bits per heavy atom. The molecular weight excluding hydrogens is 290 g/mol. The van der Waals surface area contributed by atoms with Crippen LogP contribution in [0.2, 0.25) is 5.02 Å². The molecule has 0 aromatic heterocycles. The molecule has 108 valence electrons. The molecule has 0 bridgehead atoms. The summed E-state index contributed by atoms with van der Waals surface area (Å²) < 4.78 is 0. The van der Waals surface area contributed by atoms with Crippen molar-refractivity contribution in [2.75, 3.05) is 16.0 Å². The van der Waals surface area contributed by atoms with E-state index in [4.69, 9.17) is 17.3 Å². The number of benzene rings is 2. The number of urea groups is 1. The van der Waals surface area contributed by atoms with Crippen LogP contribution in [0.5, 0.6) is 0 Å². The van der Waals surface area contributed by atoms with Gasteiger partial charge in [0.15, 0.2) is 0 Å². The lowest BCUT2D eigenvalue weighted by Crippen LogP contribution is -2.38. The molecule has 0 heterocycles. The Hall–Kier alpha value is -2.53. The molecule has 0 saturated carbocycles. The molecule has 0 atom stereocenters. The van der Waals surface area contributed by atoms with Gasteiger partial charge in [0.2, 0.25) is 5.91 Å². The second kappa shape index (κ2) is 6.28. The van der Waals surface area contributed by atoms with Gasteiger partial charge < -0.3 is 11.1 Å². The molecule has 3 amide bonds. The molecule has 6 heteroatoms. The highest BCUT2D eigenvalue weighted by Gasteiger charge is 2.20. The molecule has 0 aliphatic heterocycles. The molecule has 2 aromatic rings. The van der Waals surface area contributed by atoms with E-state index < -0.39 is 11.9 Å². The average Bonchev–Trinajstić information content (AvgIpc) is 2.43. The van der Waals surface area contributed by atoms with Gasteiger partial charge in [-0.1, -0.05) is 11.6 Å². The Morgan fingerprint density at radius 3 is 2.14 bits per heavy atom. The van der Waals surface area contributed by atoms with Crippen molar-refractivity contribution in [3.05, 3.63) is 53.6 Å². The maximum atomic E-state index is 12.3. The molecule has 0 aliphatic carbocycles. The van der Waals surface area contributed by atoms with Crippen molar-refractivity contribution < 1.29 is 9.59 Å². The van der Waals surface area contributed by atoms with Crippen LogP contribution in [-0.4, -0.2) is 11.9 Å². The highest BCUT2D eigenvalue weighted by Crippen LogP contribution is 2.19. The number of halogens is 1. The quantitative estimate of drug-likeness (QED) is 0.834. The van der Waals surface area contributed by atoms with Crippen molar-refractivity contribution in [3.63, 3.8) is 0 Å². The van der Waals surface area contributed by atoms with Crippen LogP contribution in [0.3, 0.4) is 0 Å². The lowest BCUT2D eigenvalue weighted by atomic mass is 10.2. The van der Waals surface area contributed by atoms with Crippen LogP contribution in [0, 0.1) is 0 Å². The van der Waals surface area contributed by atoms with Crippen LogP contribution in [0.25, 0.3) is 0 Å². The van der Waals surface area contributed by atoms with Gasteiger partial charge in [0.1, 0.15) is 0 Å². The summed E-state index contributed by atoms with van der Waals surface area (Å²) in [6.07, 6.45) is 0. The second-order valence-electron chi connectivity index (χ2n) is 4.38. The third-order valence-corrected chi connectivity index (χ3v) is 3.02. The van der Waals surface area contributed by atoms with Gasteiger partial charge in [-0.05, 0) is 48.5 Å². The number of nitrogen functional groups attached to an aromatic ring is 1. The standard InChI is InChI=1S/C15H14ClN3O2/c1-10(20)19(14-8-4-12(17)5-9-14)15(21)18-13-6-2-11(16)3-7-13/h2-9H,17H2,1H3,(H,18,21). The van der Waals surface area contributed by atoms with Crippen LogP contribution in [-0.2, 0) is 4.79 Å². The summed E-state index contributed by atoms with van der Waals surface area (Å²) in [5.41, 5.74) is 7.15. The normalized spacial score (nSPS) is 10.0. The van der Waals surface area contributed by atoms with Crippen molar-refractivity contribution in [2.24, 2.45) is 0 Å². The van der Waals surface area contributed by atoms with E-state index in [1.807, 2.05) is 0 Å². The van der Waals surface area contributed by atoms with Gasteiger partial charge in [-0.2, -0.15) is 0 Å². The fraction of sp³-hybridized carbons (Fsp3) is 0.0667. The smallest absolute Gasteiger partial charge is 0.333 e. The summed E-state index contributed by atoms with van der Waals surface area (Å²) in [5, 5.41) is 3.20. The summed E-state index contributed by atoms with van der Waals surface area (Å²) in [5.74, 6) is -0.397. The lowest BCUT2D eigenvalue weighted by molar-refractivity contribution is -0.115. The number of hydrogen-bond acceptors (Lipinski definition) is 3. The first-order valence-electron chi connectivity index (χ1n) is 6.20. The Morgan fingerprint density at radius 1 is 1.05 bits per heavy atom. The van der Waals surface area contributed by atoms with Gasteiger partial charge in [-0.15, -0.1) is 0 Å². The minimum absolute atomic E-state index is 0.397. The first-order chi connectivity index (χ1) is 9.97. The SMILES string of the molecule is CC(=O)N(C(=O)Nc1ccc(Cl)cc1)c1ccc(N)cc1. The fourth-order valence-electron chi connectivity index (χ4n) is 1.78. The summed E-state index contributed by atoms with van der Waals surface area (Å²) in [7, 11) is 0. The van der Waals surface area contributed by atoms with Crippen LogP contribution < -0.4 is 16.0 Å². The molecule has 0 unspecified atom stereocenters. The zero-order valence-electron chi connectivity index (χ0n) is 11.3. The summed E-state index contributed by atoms with van der Waals surface area (Å²) in [6.45, 7) is 1.32. The van der Waals surface area contributed by atoms with E-state index in [9.17, 15) is 9.59 Å². The van der Waals surface area contributed by atoms with Gasteiger partial charge in [0, 0.05) is 23.3 Å². The van der Waals surface area contributed by atoms with E-state index in [0.717, 1.165) is 4.90 Å². The summed E-state index contributed by atoms with van der Waals surface area (Å²) in [6, 6.07) is 12.5. The number of amides is 3. The molecule has 0 fully saturated rings. The molecule has 2 rings (SSSR count). The average molecular weight is 304 g/mol. The van der Waals surface area contributed by atoms with Gasteiger partial charge in [-0.3, -0.25) is 4.79 Å². The van der Waals surface area contributed by atoms with Crippen LogP contribution in [0.1, 0.15) is 6.92 Å². The molecule has 3 N–H and O–H groups in total. The van der Waals surface area contributed by atoms with E-state index >= 15 is 0 Å². The number of anilines is 3. The predicted octanol–water partition coefficient (Wildman–Crippen LogP) is 3.51. The van der Waals surface area contributed by atoms with Crippen LogP contribution in [0.4, 0.5) is 21.9 Å². The Bertz CT molecular complexity index is 654. The number of nitrogens with two attached hydrogens (primary N) is 1. The minimum atomic E-state index is -0.547. The molecule has 2 aromatic carbocycles. The zero-order chi connectivity index (χ0) is 15.4. The summed E-state index contributed by atoms with van der Waals surface area (Å²) >= 11 is 5.78. The van der Waals surface area contributed by atoms with E-state index in [2.05, 4.69) is 5.32 Å². The first-order valence-corrected chi connectivity index (χ1v) is 6.58. The van der Waals surface area contributed by atoms with E-state index in [1.54, 1.807) is 48.5 Å². The fourth-order valence-corrected chi connectivity index (χ4v) is 1.90. The van der Waals surface area contributed by atoms with E-state index in [0.29, 0.717) is 22.1 Å². The molecule has 0 spiro atoms. The number of carbonyl (C=O) groups excluding carboxylic acids is 2. The number of nitrogens with zero attached hydrogens (tertiary/aromatic N) is 1. The van der Waals surface area contributed by atoms with E-state index in [1.165, 1.54) is 6.92 Å². The maximum Gasteiger partial charge on any atom is 0.333 e. The number of carbonyl (C=O) groups is 2. The summed E-state index contributed by atoms with van der Waals surface area (Å²) in [4.78, 5) is 25.0. The highest BCUT2D eigenvalue weighted by molar-refractivity contribution is 6.30. The van der Waals surface area contributed by atoms with Gasteiger partial charge in [-0.25, -0.2) is 9.69 Å². The molecule has 5 nitrogen and oxygen atoms in total. The molecule has 0 aliphatic rings. The molecule has 0 radical (unpaired) electrons. The Labute approximate surface area is 127 Å². The van der Waals surface area contributed by atoms with Crippen molar-refractivity contribution in [1.82, 2.24) is 0 Å². The van der Waals surface area contributed by atoms with E-state index in [-0.39, 0.29) is 0 Å². The van der Waals surface area contributed by atoms with Crippen molar-refractivity contribution in [2.45, 2.75) is 6.92 Å². The Kier molecular flexibility index (Phi) is 4.45. The largest absolute Gasteiger partial charge is 0.399 e. The molecule has 21 heavy (non-hydrogen) atoms. The number of hydrogen-bond donors (Lipinski definition) is 2. The highest BCUT2D eigenvalue weighted by atomic mass is 35.5. The van der Waals surface area contributed by atoms with Crippen LogP contribution in [0.15, 0.2) is 48.5 Å². The van der Waals surface area contributed by atoms with Crippen molar-refractivity contribution >= 4 is 40.6 Å². The zero-order valence-corrected chi connectivity index (χ0v) is 12.1. The van der Waals surface area contributed by atoms with Gasteiger partial charge >= 0.3 is 6.03 Å². The van der Waals surface area contributed by atoms with Crippen molar-refractivity contribution in [1.29, 1.82) is 0 Å². The number of imide groups is 1. The molecular formula is C15H14ClN3O2. The Balaban J connectivity index is 2.22. The number of nitrogens with one attached hydrogen (secondary N) is 1. The predicted molar refractivity (Wildman–Crippen MR) is 84.5 cm³/mol. The van der Waals surface area contributed by atoms with Crippen LogP contribution >= 0.6 is 11.6 Å². The van der Waals surface area contributed by atoms with Gasteiger partial charge in [0.25, 0.3) is 0 Å². The van der Waals surface area contributed by atoms with Crippen molar-refractivity contribution in [3.8, 4) is 0 Å². The molecule has 0 saturated heterocycles. The lowest BCUT2D eigenvalue weighted by Gasteiger charge is -2.20. The third kappa shape index (κ3) is 3.73. The maximum absolute atomic E-state index is 12.3. The minimum Gasteiger partial charge on any atom is -0.399 e. The first kappa shape index (κ1) is 14.9.